The van der Waals surface area contributed by atoms with Crippen molar-refractivity contribution in [1.82, 2.24) is 5.32 Å². The highest BCUT2D eigenvalue weighted by atomic mass is 32.2. The van der Waals surface area contributed by atoms with Gasteiger partial charge in [-0.05, 0) is 52.1 Å². The summed E-state index contributed by atoms with van der Waals surface area (Å²) < 4.78 is 10.8. The molecule has 2 aliphatic rings. The van der Waals surface area contributed by atoms with Crippen molar-refractivity contribution in [2.24, 2.45) is 10.2 Å². The largest absolute Gasteiger partial charge is 0.513 e. The van der Waals surface area contributed by atoms with E-state index in [4.69, 9.17) is 9.47 Å². The summed E-state index contributed by atoms with van der Waals surface area (Å²) >= 11 is 1.31. The molecule has 1 heterocycles. The van der Waals surface area contributed by atoms with Crippen LogP contribution >= 0.6 is 11.8 Å². The lowest BCUT2D eigenvalue weighted by molar-refractivity contribution is -0.116. The van der Waals surface area contributed by atoms with E-state index in [1.54, 1.807) is 30.5 Å². The lowest BCUT2D eigenvalue weighted by atomic mass is 9.98. The number of carbonyl (C=O) groups excluding carboxylic acids is 2. The molecule has 0 unspecified atom stereocenters. The van der Waals surface area contributed by atoms with Crippen LogP contribution in [-0.4, -0.2) is 35.8 Å². The van der Waals surface area contributed by atoms with Crippen LogP contribution in [0.25, 0.3) is 11.1 Å². The van der Waals surface area contributed by atoms with Crippen LogP contribution in [0.1, 0.15) is 22.6 Å². The molecule has 1 aliphatic heterocycles. The third-order valence-corrected chi connectivity index (χ3v) is 6.22. The summed E-state index contributed by atoms with van der Waals surface area (Å²) in [6.07, 6.45) is 0.799. The van der Waals surface area contributed by atoms with Crippen LogP contribution in [0.3, 0.4) is 0 Å². The first kappa shape index (κ1) is 21.0. The Balaban J connectivity index is 1.18. The number of carbonyl (C=O) groups is 2. The average Bonchev–Trinajstić information content (AvgIpc) is 3.40. The summed E-state index contributed by atoms with van der Waals surface area (Å²) in [5.41, 5.74) is 5.41. The van der Waals surface area contributed by atoms with Crippen LogP contribution in [0.15, 0.2) is 83.0 Å². The molecular formula is C25H19N3O4S. The molecule has 3 aromatic rings. The Morgan fingerprint density at radius 1 is 1.00 bits per heavy atom. The number of rotatable bonds is 5. The fraction of sp³-hybridized carbons (Fsp3) is 0.120. The van der Waals surface area contributed by atoms with Crippen LogP contribution < -0.4 is 10.1 Å². The zero-order valence-electron chi connectivity index (χ0n) is 17.4. The van der Waals surface area contributed by atoms with E-state index < -0.39 is 6.16 Å². The summed E-state index contributed by atoms with van der Waals surface area (Å²) in [5, 5.41) is 11.0. The number of fused-ring (bicyclic) bond motifs is 3. The minimum atomic E-state index is -0.751. The van der Waals surface area contributed by atoms with E-state index in [1.807, 2.05) is 24.3 Å². The highest BCUT2D eigenvalue weighted by Gasteiger charge is 2.29. The fourth-order valence-corrected chi connectivity index (χ4v) is 4.50. The van der Waals surface area contributed by atoms with Crippen molar-refractivity contribution in [3.63, 3.8) is 0 Å². The minimum absolute atomic E-state index is 0.0204. The molecule has 0 saturated carbocycles. The Kier molecular flexibility index (Phi) is 5.91. The molecule has 1 aliphatic carbocycles. The number of thioether (sulfide) groups is 1. The van der Waals surface area contributed by atoms with Crippen molar-refractivity contribution in [2.45, 2.75) is 5.92 Å². The second-order valence-corrected chi connectivity index (χ2v) is 8.41. The quantitative estimate of drug-likeness (QED) is 0.262. The number of hydrogen-bond donors (Lipinski definition) is 1. The molecule has 1 N–H and O–H groups in total. The predicted molar refractivity (Wildman–Crippen MR) is 128 cm³/mol. The van der Waals surface area contributed by atoms with E-state index in [9.17, 15) is 9.59 Å². The molecule has 5 rings (SSSR count). The molecule has 0 atom stereocenters. The van der Waals surface area contributed by atoms with Gasteiger partial charge in [0, 0.05) is 5.92 Å². The minimum Gasteiger partial charge on any atom is -0.433 e. The van der Waals surface area contributed by atoms with Gasteiger partial charge in [0.05, 0.1) is 12.0 Å². The Bertz CT molecular complexity index is 1230. The molecule has 1 amide bonds. The Hall–Kier alpha value is -3.91. The average molecular weight is 458 g/mol. The third kappa shape index (κ3) is 4.65. The number of nitrogens with one attached hydrogen (secondary N) is 1. The van der Waals surface area contributed by atoms with Crippen LogP contribution in [0.2, 0.25) is 0 Å². The van der Waals surface area contributed by atoms with Crippen molar-refractivity contribution in [1.29, 1.82) is 0 Å². The maximum atomic E-state index is 12.3. The second kappa shape index (κ2) is 9.30. The summed E-state index contributed by atoms with van der Waals surface area (Å²) in [7, 11) is 0. The third-order valence-electron chi connectivity index (χ3n) is 5.35. The molecular weight excluding hydrogens is 438 g/mol. The molecule has 0 aromatic heterocycles. The van der Waals surface area contributed by atoms with Gasteiger partial charge in [-0.2, -0.15) is 5.10 Å². The molecule has 0 bridgehead atoms. The number of ether oxygens (including phenoxy) is 2. The standard InChI is InChI=1S/C25H19N3O4S/c29-23-15-33-24(27-23)28-26-13-16-9-11-17(12-10-16)32-25(30)31-14-22-20-7-3-1-5-18(20)19-6-2-4-8-21(19)22/h1-13,22H,14-15H2,(H,27,28,29). The van der Waals surface area contributed by atoms with Gasteiger partial charge in [0.1, 0.15) is 12.4 Å². The summed E-state index contributed by atoms with van der Waals surface area (Å²) in [6, 6.07) is 23.1. The Morgan fingerprint density at radius 2 is 1.67 bits per heavy atom. The van der Waals surface area contributed by atoms with Gasteiger partial charge in [0.15, 0.2) is 5.17 Å². The summed E-state index contributed by atoms with van der Waals surface area (Å²) in [4.78, 5) is 23.4. The molecule has 7 nitrogen and oxygen atoms in total. The number of hydrogen-bond acceptors (Lipinski definition) is 7. The van der Waals surface area contributed by atoms with E-state index in [1.165, 1.54) is 22.9 Å². The van der Waals surface area contributed by atoms with Gasteiger partial charge in [-0.15, -0.1) is 5.10 Å². The first-order chi connectivity index (χ1) is 16.2. The highest BCUT2D eigenvalue weighted by molar-refractivity contribution is 8.15. The predicted octanol–water partition coefficient (Wildman–Crippen LogP) is 4.57. The lowest BCUT2D eigenvalue weighted by Gasteiger charge is -2.14. The first-order valence-corrected chi connectivity index (χ1v) is 11.3. The number of nitrogens with zero attached hydrogens (tertiary/aromatic N) is 2. The van der Waals surface area contributed by atoms with Gasteiger partial charge < -0.3 is 14.8 Å². The van der Waals surface area contributed by atoms with E-state index in [0.717, 1.165) is 16.7 Å². The molecule has 164 valence electrons. The molecule has 8 heteroatoms. The monoisotopic (exact) mass is 457 g/mol. The summed E-state index contributed by atoms with van der Waals surface area (Å²) in [6.45, 7) is 0.201. The maximum Gasteiger partial charge on any atom is 0.513 e. The van der Waals surface area contributed by atoms with E-state index in [0.29, 0.717) is 16.7 Å². The van der Waals surface area contributed by atoms with Crippen LogP contribution in [-0.2, 0) is 9.53 Å². The number of benzene rings is 3. The van der Waals surface area contributed by atoms with Gasteiger partial charge in [-0.3, -0.25) is 4.79 Å². The smallest absolute Gasteiger partial charge is 0.433 e. The zero-order valence-corrected chi connectivity index (χ0v) is 18.2. The zero-order chi connectivity index (χ0) is 22.6. The Labute approximate surface area is 194 Å². The van der Waals surface area contributed by atoms with Crippen molar-refractivity contribution in [3.8, 4) is 16.9 Å². The summed E-state index contributed by atoms with van der Waals surface area (Å²) in [5.74, 6) is 0.627. The molecule has 0 radical (unpaired) electrons. The van der Waals surface area contributed by atoms with Crippen LogP contribution in [0.4, 0.5) is 4.79 Å². The molecule has 1 fully saturated rings. The first-order valence-electron chi connectivity index (χ1n) is 10.3. The molecule has 1 saturated heterocycles. The SMILES string of the molecule is O=C1CSC(=NN=Cc2ccc(OC(=O)OCC3c4ccccc4-c4ccccc43)cc2)N1. The van der Waals surface area contributed by atoms with Gasteiger partial charge in [-0.25, -0.2) is 4.79 Å². The topological polar surface area (TPSA) is 89.4 Å². The van der Waals surface area contributed by atoms with Gasteiger partial charge >= 0.3 is 6.16 Å². The number of amides is 1. The van der Waals surface area contributed by atoms with Crippen molar-refractivity contribution >= 4 is 35.2 Å². The normalized spacial score (nSPS) is 16.0. The van der Waals surface area contributed by atoms with Crippen LogP contribution in [0, 0.1) is 0 Å². The lowest BCUT2D eigenvalue weighted by Crippen LogP contribution is -2.19. The number of amidine groups is 1. The van der Waals surface area contributed by atoms with Gasteiger partial charge in [0.2, 0.25) is 5.91 Å². The highest BCUT2D eigenvalue weighted by Crippen LogP contribution is 2.44. The van der Waals surface area contributed by atoms with Crippen molar-refractivity contribution in [3.05, 3.63) is 89.5 Å². The van der Waals surface area contributed by atoms with Gasteiger partial charge in [-0.1, -0.05) is 60.3 Å². The van der Waals surface area contributed by atoms with Gasteiger partial charge in [0.25, 0.3) is 0 Å². The molecule has 33 heavy (non-hydrogen) atoms. The van der Waals surface area contributed by atoms with E-state index in [2.05, 4.69) is 39.8 Å². The second-order valence-electron chi connectivity index (χ2n) is 7.45. The fourth-order valence-electron chi connectivity index (χ4n) is 3.87. The maximum absolute atomic E-state index is 12.3. The molecule has 3 aromatic carbocycles. The van der Waals surface area contributed by atoms with E-state index >= 15 is 0 Å². The van der Waals surface area contributed by atoms with E-state index in [-0.39, 0.29) is 18.4 Å². The van der Waals surface area contributed by atoms with Crippen LogP contribution in [0.5, 0.6) is 5.75 Å². The Morgan fingerprint density at radius 3 is 2.30 bits per heavy atom. The van der Waals surface area contributed by atoms with Crippen molar-refractivity contribution < 1.29 is 19.1 Å². The molecule has 0 spiro atoms. The van der Waals surface area contributed by atoms with Crippen molar-refractivity contribution in [2.75, 3.05) is 12.4 Å².